The Morgan fingerprint density at radius 1 is 0.969 bits per heavy atom. The summed E-state index contributed by atoms with van der Waals surface area (Å²) < 4.78 is 13.4. The molecule has 32 heavy (non-hydrogen) atoms. The Hall–Kier alpha value is -2.77. The second kappa shape index (κ2) is 11.2. The van der Waals surface area contributed by atoms with Crippen LogP contribution in [0.3, 0.4) is 0 Å². The molecule has 6 nitrogen and oxygen atoms in total. The number of rotatable bonds is 8. The summed E-state index contributed by atoms with van der Waals surface area (Å²) in [6, 6.07) is 12.3. The lowest BCUT2D eigenvalue weighted by Gasteiger charge is -2.35. The topological polar surface area (TPSA) is 55.9 Å². The summed E-state index contributed by atoms with van der Waals surface area (Å²) in [5, 5.41) is 3.04. The summed E-state index contributed by atoms with van der Waals surface area (Å²) in [5.41, 5.74) is 3.79. The minimum absolute atomic E-state index is 0.0147. The average molecular weight is 441 g/mol. The molecular weight excluding hydrogens is 407 g/mol. The van der Waals surface area contributed by atoms with Gasteiger partial charge in [0.15, 0.2) is 0 Å². The third kappa shape index (κ3) is 6.61. The number of hydrogen-bond acceptors (Lipinski definition) is 4. The molecule has 1 aliphatic heterocycles. The van der Waals surface area contributed by atoms with Crippen molar-refractivity contribution in [3.05, 3.63) is 65.0 Å². The zero-order valence-electron chi connectivity index (χ0n) is 19.2. The molecule has 1 saturated heterocycles. The van der Waals surface area contributed by atoms with Crippen molar-refractivity contribution in [2.24, 2.45) is 0 Å². The first-order valence-corrected chi connectivity index (χ1v) is 11.2. The Morgan fingerprint density at radius 3 is 2.16 bits per heavy atom. The predicted molar refractivity (Wildman–Crippen MR) is 125 cm³/mol. The van der Waals surface area contributed by atoms with Gasteiger partial charge in [-0.15, -0.1) is 0 Å². The number of piperazine rings is 1. The van der Waals surface area contributed by atoms with Crippen LogP contribution < -0.4 is 5.32 Å². The fraction of sp³-hybridized carbons (Fsp3) is 0.440. The molecule has 7 heteroatoms. The highest BCUT2D eigenvalue weighted by atomic mass is 19.1. The minimum atomic E-state index is -0.288. The van der Waals surface area contributed by atoms with Crippen molar-refractivity contribution < 1.29 is 14.0 Å². The van der Waals surface area contributed by atoms with Gasteiger partial charge in [0.05, 0.1) is 13.1 Å². The molecule has 0 atom stereocenters. The van der Waals surface area contributed by atoms with E-state index in [4.69, 9.17) is 0 Å². The van der Waals surface area contributed by atoms with E-state index in [1.165, 1.54) is 12.1 Å². The number of carbonyl (C=O) groups excluding carboxylic acids is 2. The number of halogens is 1. The van der Waals surface area contributed by atoms with Gasteiger partial charge in [-0.3, -0.25) is 19.4 Å². The van der Waals surface area contributed by atoms with Crippen LogP contribution >= 0.6 is 0 Å². The number of carbonyl (C=O) groups is 2. The smallest absolute Gasteiger partial charge is 0.238 e. The van der Waals surface area contributed by atoms with Crippen LogP contribution in [0.2, 0.25) is 0 Å². The van der Waals surface area contributed by atoms with E-state index in [1.54, 1.807) is 11.0 Å². The maximum Gasteiger partial charge on any atom is 0.238 e. The monoisotopic (exact) mass is 440 g/mol. The van der Waals surface area contributed by atoms with Crippen molar-refractivity contribution in [2.45, 2.75) is 27.3 Å². The molecule has 0 spiro atoms. The van der Waals surface area contributed by atoms with E-state index in [1.807, 2.05) is 45.0 Å². The lowest BCUT2D eigenvalue weighted by molar-refractivity contribution is -0.133. The number of benzene rings is 2. The van der Waals surface area contributed by atoms with Crippen molar-refractivity contribution in [1.29, 1.82) is 0 Å². The molecule has 1 fully saturated rings. The molecule has 172 valence electrons. The molecule has 0 bridgehead atoms. The van der Waals surface area contributed by atoms with Crippen LogP contribution in [-0.2, 0) is 16.1 Å². The number of hydrogen-bond donors (Lipinski definition) is 1. The molecule has 0 saturated carbocycles. The van der Waals surface area contributed by atoms with Crippen LogP contribution in [0.4, 0.5) is 10.1 Å². The molecule has 2 aromatic rings. The zero-order valence-corrected chi connectivity index (χ0v) is 19.2. The Kier molecular flexibility index (Phi) is 8.36. The summed E-state index contributed by atoms with van der Waals surface area (Å²) in [7, 11) is 0. The zero-order chi connectivity index (χ0) is 23.1. The first-order chi connectivity index (χ1) is 15.4. The molecule has 1 N–H and O–H groups in total. The third-order valence-corrected chi connectivity index (χ3v) is 5.93. The highest BCUT2D eigenvalue weighted by Crippen LogP contribution is 2.19. The van der Waals surface area contributed by atoms with E-state index in [0.29, 0.717) is 26.2 Å². The fourth-order valence-corrected chi connectivity index (χ4v) is 4.02. The van der Waals surface area contributed by atoms with Gasteiger partial charge in [-0.25, -0.2) is 4.39 Å². The number of anilines is 1. The quantitative estimate of drug-likeness (QED) is 0.686. The second-order valence-corrected chi connectivity index (χ2v) is 8.41. The summed E-state index contributed by atoms with van der Waals surface area (Å²) in [5.74, 6) is -0.263. The molecule has 0 aromatic heterocycles. The molecule has 0 unspecified atom stereocenters. The van der Waals surface area contributed by atoms with Gasteiger partial charge in [0.2, 0.25) is 11.8 Å². The van der Waals surface area contributed by atoms with Crippen molar-refractivity contribution in [2.75, 3.05) is 51.1 Å². The van der Waals surface area contributed by atoms with E-state index >= 15 is 0 Å². The molecule has 0 aliphatic carbocycles. The van der Waals surface area contributed by atoms with Gasteiger partial charge >= 0.3 is 0 Å². The van der Waals surface area contributed by atoms with Crippen LogP contribution in [0.5, 0.6) is 0 Å². The van der Waals surface area contributed by atoms with Gasteiger partial charge in [-0.1, -0.05) is 30.3 Å². The van der Waals surface area contributed by atoms with E-state index in [0.717, 1.165) is 48.6 Å². The molecule has 3 rings (SSSR count). The van der Waals surface area contributed by atoms with Crippen LogP contribution in [0.25, 0.3) is 0 Å². The van der Waals surface area contributed by atoms with E-state index in [2.05, 4.69) is 15.1 Å². The molecule has 0 radical (unpaired) electrons. The number of nitrogens with zero attached hydrogens (tertiary/aromatic N) is 3. The van der Waals surface area contributed by atoms with Gasteiger partial charge in [-0.05, 0) is 49.6 Å². The Labute approximate surface area is 190 Å². The first kappa shape index (κ1) is 23.9. The molecule has 2 aromatic carbocycles. The van der Waals surface area contributed by atoms with Crippen molar-refractivity contribution in [1.82, 2.24) is 14.7 Å². The fourth-order valence-electron chi connectivity index (χ4n) is 4.02. The third-order valence-electron chi connectivity index (χ3n) is 5.93. The van der Waals surface area contributed by atoms with Crippen LogP contribution in [-0.4, -0.2) is 72.3 Å². The van der Waals surface area contributed by atoms with Crippen molar-refractivity contribution >= 4 is 17.5 Å². The van der Waals surface area contributed by atoms with Crippen LogP contribution in [0.1, 0.15) is 23.6 Å². The van der Waals surface area contributed by atoms with E-state index < -0.39 is 0 Å². The first-order valence-electron chi connectivity index (χ1n) is 11.2. The molecule has 1 aliphatic rings. The van der Waals surface area contributed by atoms with Crippen LogP contribution in [0, 0.1) is 19.7 Å². The number of likely N-dealkylation sites (N-methyl/N-ethyl adjacent to an activating group) is 1. The number of aryl methyl sites for hydroxylation is 2. The van der Waals surface area contributed by atoms with Gasteiger partial charge in [0, 0.05) is 45.0 Å². The highest BCUT2D eigenvalue weighted by Gasteiger charge is 2.23. The Balaban J connectivity index is 1.44. The number of nitrogens with one attached hydrogen (secondary N) is 1. The molecule has 1 heterocycles. The maximum atomic E-state index is 13.4. The average Bonchev–Trinajstić information content (AvgIpc) is 2.76. The van der Waals surface area contributed by atoms with E-state index in [-0.39, 0.29) is 17.6 Å². The largest absolute Gasteiger partial charge is 0.338 e. The molecule has 2 amide bonds. The van der Waals surface area contributed by atoms with Crippen LogP contribution in [0.15, 0.2) is 42.5 Å². The van der Waals surface area contributed by atoms with Crippen molar-refractivity contribution in [3.63, 3.8) is 0 Å². The molecular formula is C25H33FN4O2. The normalized spacial score (nSPS) is 14.9. The van der Waals surface area contributed by atoms with Gasteiger partial charge in [0.1, 0.15) is 5.82 Å². The van der Waals surface area contributed by atoms with Crippen molar-refractivity contribution in [3.8, 4) is 0 Å². The standard InChI is InChI=1S/C25H33FN4O2/c1-4-30(16-21-9-6-10-22(26)15-21)24(32)18-29-13-11-28(12-14-29)17-23(31)27-25-19(2)7-5-8-20(25)3/h5-10,15H,4,11-14,16-18H2,1-3H3,(H,27,31). The second-order valence-electron chi connectivity index (χ2n) is 8.41. The maximum absolute atomic E-state index is 13.4. The lowest BCUT2D eigenvalue weighted by Crippen LogP contribution is -2.51. The number of para-hydroxylation sites is 1. The SMILES string of the molecule is CCN(Cc1cccc(F)c1)C(=O)CN1CCN(CC(=O)Nc2c(C)cccc2C)CC1. The Morgan fingerprint density at radius 2 is 1.56 bits per heavy atom. The summed E-state index contributed by atoms with van der Waals surface area (Å²) in [4.78, 5) is 31.3. The lowest BCUT2D eigenvalue weighted by atomic mass is 10.1. The van der Waals surface area contributed by atoms with Gasteiger partial charge in [0.25, 0.3) is 0 Å². The van der Waals surface area contributed by atoms with Gasteiger partial charge in [-0.2, -0.15) is 0 Å². The Bertz CT molecular complexity index is 921. The minimum Gasteiger partial charge on any atom is -0.338 e. The van der Waals surface area contributed by atoms with Gasteiger partial charge < -0.3 is 10.2 Å². The predicted octanol–water partition coefficient (Wildman–Crippen LogP) is 3.05. The highest BCUT2D eigenvalue weighted by molar-refractivity contribution is 5.93. The number of amides is 2. The summed E-state index contributed by atoms with van der Waals surface area (Å²) in [6.07, 6.45) is 0. The summed E-state index contributed by atoms with van der Waals surface area (Å²) >= 11 is 0. The summed E-state index contributed by atoms with van der Waals surface area (Å²) in [6.45, 7) is 10.5. The van der Waals surface area contributed by atoms with E-state index in [9.17, 15) is 14.0 Å².